The number of aromatic hydroxyl groups is 1. The molecule has 19 heavy (non-hydrogen) atoms. The van der Waals surface area contributed by atoms with E-state index in [-0.39, 0.29) is 11.7 Å². The monoisotopic (exact) mass is 263 g/mol. The third-order valence-corrected chi connectivity index (χ3v) is 3.31. The number of nitrogens with one attached hydrogen (secondary N) is 2. The molecule has 0 saturated carbocycles. The molecule has 1 amide bonds. The Labute approximate surface area is 113 Å². The summed E-state index contributed by atoms with van der Waals surface area (Å²) in [5.74, 6) is 0.0659. The van der Waals surface area contributed by atoms with Crippen molar-refractivity contribution in [2.24, 2.45) is 0 Å². The van der Waals surface area contributed by atoms with Crippen LogP contribution in [0.5, 0.6) is 5.75 Å². The molecule has 2 rings (SSSR count). The van der Waals surface area contributed by atoms with Gasteiger partial charge in [0.15, 0.2) is 0 Å². The van der Waals surface area contributed by atoms with Crippen LogP contribution < -0.4 is 10.6 Å². The van der Waals surface area contributed by atoms with Crippen LogP contribution in [0, 0.1) is 6.92 Å². The number of rotatable bonds is 3. The standard InChI is InChI=1S/C14H21N3O2/c1-11-4-2-5-12(14(11)19)16-13(18)10-17-8-3-6-15-7-9-17/h2,4-5,15,19H,3,6-10H2,1H3,(H,16,18). The zero-order valence-electron chi connectivity index (χ0n) is 11.3. The van der Waals surface area contributed by atoms with Crippen LogP contribution in [-0.2, 0) is 4.79 Å². The molecule has 0 spiro atoms. The lowest BCUT2D eigenvalue weighted by molar-refractivity contribution is -0.117. The number of aryl methyl sites for hydroxylation is 1. The third kappa shape index (κ3) is 3.94. The molecule has 1 heterocycles. The van der Waals surface area contributed by atoms with E-state index < -0.39 is 0 Å². The number of carbonyl (C=O) groups excluding carboxylic acids is 1. The van der Waals surface area contributed by atoms with Crippen LogP contribution in [0.25, 0.3) is 0 Å². The van der Waals surface area contributed by atoms with E-state index in [2.05, 4.69) is 15.5 Å². The van der Waals surface area contributed by atoms with E-state index in [9.17, 15) is 9.90 Å². The maximum Gasteiger partial charge on any atom is 0.238 e. The summed E-state index contributed by atoms with van der Waals surface area (Å²) >= 11 is 0. The smallest absolute Gasteiger partial charge is 0.238 e. The van der Waals surface area contributed by atoms with Crippen LogP contribution >= 0.6 is 0 Å². The van der Waals surface area contributed by atoms with Gasteiger partial charge in [-0.2, -0.15) is 0 Å². The minimum absolute atomic E-state index is 0.0807. The summed E-state index contributed by atoms with van der Waals surface area (Å²) in [5, 5.41) is 15.9. The first-order chi connectivity index (χ1) is 9.16. The number of hydrogen-bond acceptors (Lipinski definition) is 4. The first-order valence-corrected chi connectivity index (χ1v) is 6.68. The molecule has 5 heteroatoms. The molecule has 5 nitrogen and oxygen atoms in total. The van der Waals surface area contributed by atoms with Gasteiger partial charge in [0, 0.05) is 13.1 Å². The summed E-state index contributed by atoms with van der Waals surface area (Å²) in [4.78, 5) is 14.1. The fourth-order valence-electron chi connectivity index (χ4n) is 2.21. The van der Waals surface area contributed by atoms with Crippen molar-refractivity contribution in [3.8, 4) is 5.75 Å². The Bertz CT molecular complexity index is 440. The van der Waals surface area contributed by atoms with Crippen molar-refractivity contribution in [2.75, 3.05) is 38.0 Å². The van der Waals surface area contributed by atoms with E-state index in [1.54, 1.807) is 6.07 Å². The highest BCUT2D eigenvalue weighted by molar-refractivity contribution is 5.93. The van der Waals surface area contributed by atoms with Crippen LogP contribution in [0.3, 0.4) is 0 Å². The molecule has 0 unspecified atom stereocenters. The number of nitrogens with zero attached hydrogens (tertiary/aromatic N) is 1. The fourth-order valence-corrected chi connectivity index (χ4v) is 2.21. The van der Waals surface area contributed by atoms with Gasteiger partial charge >= 0.3 is 0 Å². The average Bonchev–Trinajstić information content (AvgIpc) is 2.63. The summed E-state index contributed by atoms with van der Waals surface area (Å²) in [7, 11) is 0. The Morgan fingerprint density at radius 2 is 2.26 bits per heavy atom. The van der Waals surface area contributed by atoms with Gasteiger partial charge in [-0.05, 0) is 38.1 Å². The molecule has 1 aliphatic heterocycles. The number of anilines is 1. The molecule has 0 bridgehead atoms. The van der Waals surface area contributed by atoms with Crippen molar-refractivity contribution < 1.29 is 9.90 Å². The summed E-state index contributed by atoms with van der Waals surface area (Å²) in [6, 6.07) is 5.34. The maximum absolute atomic E-state index is 12.0. The average molecular weight is 263 g/mol. The van der Waals surface area contributed by atoms with Crippen LogP contribution in [0.2, 0.25) is 0 Å². The lowest BCUT2D eigenvalue weighted by atomic mass is 10.2. The largest absolute Gasteiger partial charge is 0.505 e. The number of phenols is 1. The van der Waals surface area contributed by atoms with E-state index in [1.165, 1.54) is 0 Å². The van der Waals surface area contributed by atoms with Crippen molar-refractivity contribution in [1.82, 2.24) is 10.2 Å². The molecule has 1 fully saturated rings. The van der Waals surface area contributed by atoms with Crippen molar-refractivity contribution >= 4 is 11.6 Å². The predicted octanol–water partition coefficient (Wildman–Crippen LogP) is 0.934. The zero-order valence-corrected chi connectivity index (χ0v) is 11.3. The van der Waals surface area contributed by atoms with Crippen LogP contribution in [0.1, 0.15) is 12.0 Å². The number of carbonyl (C=O) groups is 1. The number of phenolic OH excluding ortho intramolecular Hbond substituents is 1. The lowest BCUT2D eigenvalue weighted by Crippen LogP contribution is -2.35. The molecule has 1 saturated heterocycles. The Hall–Kier alpha value is -1.59. The quantitative estimate of drug-likeness (QED) is 0.710. The number of amides is 1. The minimum Gasteiger partial charge on any atom is -0.505 e. The highest BCUT2D eigenvalue weighted by Gasteiger charge is 2.14. The molecule has 0 radical (unpaired) electrons. The van der Waals surface area contributed by atoms with E-state index in [4.69, 9.17) is 0 Å². The van der Waals surface area contributed by atoms with Gasteiger partial charge in [-0.3, -0.25) is 9.69 Å². The van der Waals surface area contributed by atoms with Gasteiger partial charge < -0.3 is 15.7 Å². The Morgan fingerprint density at radius 3 is 3.11 bits per heavy atom. The van der Waals surface area contributed by atoms with Crippen molar-refractivity contribution in [1.29, 1.82) is 0 Å². The van der Waals surface area contributed by atoms with Gasteiger partial charge in [-0.15, -0.1) is 0 Å². The van der Waals surface area contributed by atoms with E-state index in [1.807, 2.05) is 19.1 Å². The van der Waals surface area contributed by atoms with Crippen molar-refractivity contribution in [3.05, 3.63) is 23.8 Å². The van der Waals surface area contributed by atoms with Gasteiger partial charge in [0.2, 0.25) is 5.91 Å². The molecular weight excluding hydrogens is 242 g/mol. The topological polar surface area (TPSA) is 64.6 Å². The van der Waals surface area contributed by atoms with E-state index in [0.717, 1.165) is 38.2 Å². The van der Waals surface area contributed by atoms with Crippen LogP contribution in [0.4, 0.5) is 5.69 Å². The van der Waals surface area contributed by atoms with E-state index >= 15 is 0 Å². The highest BCUT2D eigenvalue weighted by atomic mass is 16.3. The molecule has 0 aromatic heterocycles. The second-order valence-electron chi connectivity index (χ2n) is 4.90. The Balaban J connectivity index is 1.91. The van der Waals surface area contributed by atoms with Crippen LogP contribution in [0.15, 0.2) is 18.2 Å². The van der Waals surface area contributed by atoms with Gasteiger partial charge in [0.05, 0.1) is 12.2 Å². The summed E-state index contributed by atoms with van der Waals surface area (Å²) in [6.45, 7) is 5.92. The predicted molar refractivity (Wildman–Crippen MR) is 75.4 cm³/mol. The van der Waals surface area contributed by atoms with Crippen molar-refractivity contribution in [2.45, 2.75) is 13.3 Å². The molecule has 3 N–H and O–H groups in total. The SMILES string of the molecule is Cc1cccc(NC(=O)CN2CCCNCC2)c1O. The number of para-hydroxylation sites is 1. The van der Waals surface area contributed by atoms with Gasteiger partial charge in [-0.1, -0.05) is 12.1 Å². The normalized spacial score (nSPS) is 16.9. The Kier molecular flexibility index (Phi) is 4.76. The van der Waals surface area contributed by atoms with Gasteiger partial charge in [0.1, 0.15) is 5.75 Å². The summed E-state index contributed by atoms with van der Waals surface area (Å²) in [5.41, 5.74) is 1.25. The second kappa shape index (κ2) is 6.54. The molecule has 1 aliphatic rings. The number of hydrogen-bond donors (Lipinski definition) is 3. The molecular formula is C14H21N3O2. The molecule has 104 valence electrons. The van der Waals surface area contributed by atoms with Crippen LogP contribution in [-0.4, -0.2) is 48.6 Å². The molecule has 0 aliphatic carbocycles. The minimum atomic E-state index is -0.0807. The second-order valence-corrected chi connectivity index (χ2v) is 4.90. The Morgan fingerprint density at radius 1 is 1.42 bits per heavy atom. The summed E-state index contributed by atoms with van der Waals surface area (Å²) in [6.07, 6.45) is 1.06. The number of benzene rings is 1. The molecule has 0 atom stereocenters. The first kappa shape index (κ1) is 13.8. The first-order valence-electron chi connectivity index (χ1n) is 6.68. The lowest BCUT2D eigenvalue weighted by Gasteiger charge is -2.19. The van der Waals surface area contributed by atoms with Gasteiger partial charge in [-0.25, -0.2) is 0 Å². The summed E-state index contributed by atoms with van der Waals surface area (Å²) < 4.78 is 0. The molecule has 1 aromatic rings. The highest BCUT2D eigenvalue weighted by Crippen LogP contribution is 2.26. The van der Waals surface area contributed by atoms with E-state index in [0.29, 0.717) is 12.2 Å². The fraction of sp³-hybridized carbons (Fsp3) is 0.500. The zero-order chi connectivity index (χ0) is 13.7. The van der Waals surface area contributed by atoms with Crippen molar-refractivity contribution in [3.63, 3.8) is 0 Å². The molecule has 1 aromatic carbocycles. The maximum atomic E-state index is 12.0. The van der Waals surface area contributed by atoms with Gasteiger partial charge in [0.25, 0.3) is 0 Å². The third-order valence-electron chi connectivity index (χ3n) is 3.31.